The largest absolute Gasteiger partial charge is 0.477 e. The van der Waals surface area contributed by atoms with Gasteiger partial charge in [0.15, 0.2) is 0 Å². The topological polar surface area (TPSA) is 46.5 Å². The van der Waals surface area contributed by atoms with Crippen molar-refractivity contribution in [2.75, 3.05) is 13.2 Å². The molecule has 0 spiro atoms. The van der Waals surface area contributed by atoms with E-state index < -0.39 is 18.5 Å². The monoisotopic (exact) mass is 208 g/mol. The molecule has 0 aromatic rings. The molecule has 0 aliphatic heterocycles. The van der Waals surface area contributed by atoms with E-state index in [2.05, 4.69) is 0 Å². The molecule has 0 heterocycles. The molecule has 0 saturated heterocycles. The highest BCUT2D eigenvalue weighted by Gasteiger charge is 2.39. The van der Waals surface area contributed by atoms with E-state index in [0.29, 0.717) is 5.92 Å². The Morgan fingerprint density at radius 3 is 2.50 bits per heavy atom. The molecule has 1 aliphatic carbocycles. The maximum absolute atomic E-state index is 12.5. The first-order chi connectivity index (χ1) is 6.52. The zero-order valence-electron chi connectivity index (χ0n) is 7.84. The quantitative estimate of drug-likeness (QED) is 0.750. The molecule has 0 atom stereocenters. The van der Waals surface area contributed by atoms with E-state index in [1.54, 1.807) is 0 Å². The molecule has 14 heavy (non-hydrogen) atoms. The summed E-state index contributed by atoms with van der Waals surface area (Å²) in [6.07, 6.45) is 4.23. The van der Waals surface area contributed by atoms with Crippen LogP contribution in [0.3, 0.4) is 0 Å². The van der Waals surface area contributed by atoms with Crippen LogP contribution in [-0.2, 0) is 9.53 Å². The molecule has 0 radical (unpaired) electrons. The Kier molecular flexibility index (Phi) is 3.80. The fourth-order valence-electron chi connectivity index (χ4n) is 1.59. The van der Waals surface area contributed by atoms with E-state index in [-0.39, 0.29) is 6.61 Å². The van der Waals surface area contributed by atoms with E-state index in [4.69, 9.17) is 9.84 Å². The molecule has 5 heteroatoms. The van der Waals surface area contributed by atoms with Crippen molar-refractivity contribution < 1.29 is 23.4 Å². The minimum absolute atomic E-state index is 0.253. The van der Waals surface area contributed by atoms with Gasteiger partial charge in [-0.05, 0) is 18.8 Å². The number of carboxylic acids is 1. The molecule has 0 aromatic heterocycles. The summed E-state index contributed by atoms with van der Waals surface area (Å²) in [5.74, 6) is -5.54. The van der Waals surface area contributed by atoms with Crippen molar-refractivity contribution in [3.63, 3.8) is 0 Å². The van der Waals surface area contributed by atoms with Gasteiger partial charge in [-0.15, -0.1) is 0 Å². The van der Waals surface area contributed by atoms with Crippen LogP contribution in [0.2, 0.25) is 0 Å². The minimum Gasteiger partial charge on any atom is -0.477 e. The second kappa shape index (κ2) is 4.68. The van der Waals surface area contributed by atoms with E-state index in [0.717, 1.165) is 25.7 Å². The van der Waals surface area contributed by atoms with Gasteiger partial charge in [0.2, 0.25) is 0 Å². The smallest absolute Gasteiger partial charge is 0.377 e. The van der Waals surface area contributed by atoms with Crippen LogP contribution in [-0.4, -0.2) is 30.2 Å². The number of alkyl halides is 2. The number of hydrogen-bond acceptors (Lipinski definition) is 2. The number of hydrogen-bond donors (Lipinski definition) is 1. The molecule has 1 saturated carbocycles. The predicted octanol–water partition coefficient (Wildman–Crippen LogP) is 1.91. The first kappa shape index (κ1) is 11.4. The predicted molar refractivity (Wildman–Crippen MR) is 45.4 cm³/mol. The summed E-state index contributed by atoms with van der Waals surface area (Å²) in [6, 6.07) is 0. The van der Waals surface area contributed by atoms with Crippen molar-refractivity contribution in [3.05, 3.63) is 0 Å². The summed E-state index contributed by atoms with van der Waals surface area (Å²) >= 11 is 0. The summed E-state index contributed by atoms with van der Waals surface area (Å²) in [5.41, 5.74) is 0. The summed E-state index contributed by atoms with van der Waals surface area (Å²) in [4.78, 5) is 10.0. The highest BCUT2D eigenvalue weighted by Crippen LogP contribution is 2.25. The van der Waals surface area contributed by atoms with Crippen LogP contribution >= 0.6 is 0 Å². The highest BCUT2D eigenvalue weighted by atomic mass is 19.3. The number of rotatable bonds is 5. The van der Waals surface area contributed by atoms with Crippen LogP contribution in [0.25, 0.3) is 0 Å². The molecule has 1 fully saturated rings. The third-order valence-electron chi connectivity index (χ3n) is 2.42. The molecule has 0 amide bonds. The van der Waals surface area contributed by atoms with Gasteiger partial charge in [0.1, 0.15) is 6.61 Å². The van der Waals surface area contributed by atoms with Gasteiger partial charge in [-0.2, -0.15) is 8.78 Å². The normalized spacial score (nSPS) is 18.7. The Hall–Kier alpha value is -0.710. The summed E-state index contributed by atoms with van der Waals surface area (Å²) < 4.78 is 29.7. The van der Waals surface area contributed by atoms with Crippen molar-refractivity contribution in [2.24, 2.45) is 5.92 Å². The zero-order chi connectivity index (χ0) is 10.6. The zero-order valence-corrected chi connectivity index (χ0v) is 7.84. The van der Waals surface area contributed by atoms with Crippen LogP contribution in [0, 0.1) is 5.92 Å². The SMILES string of the molecule is O=C(O)C(F)(F)COCC1CCCC1. The molecular weight excluding hydrogens is 194 g/mol. The van der Waals surface area contributed by atoms with Crippen molar-refractivity contribution in [1.82, 2.24) is 0 Å². The molecule has 1 rings (SSSR count). The molecule has 1 N–H and O–H groups in total. The fourth-order valence-corrected chi connectivity index (χ4v) is 1.59. The van der Waals surface area contributed by atoms with Gasteiger partial charge in [-0.3, -0.25) is 0 Å². The van der Waals surface area contributed by atoms with Crippen molar-refractivity contribution in [3.8, 4) is 0 Å². The van der Waals surface area contributed by atoms with Gasteiger partial charge in [0.05, 0.1) is 0 Å². The van der Waals surface area contributed by atoms with Gasteiger partial charge < -0.3 is 9.84 Å². The number of halogens is 2. The lowest BCUT2D eigenvalue weighted by atomic mass is 10.1. The molecule has 0 unspecified atom stereocenters. The molecule has 0 aromatic carbocycles. The van der Waals surface area contributed by atoms with Crippen LogP contribution in [0.4, 0.5) is 8.78 Å². The first-order valence-electron chi connectivity index (χ1n) is 4.71. The van der Waals surface area contributed by atoms with Crippen LogP contribution in [0.1, 0.15) is 25.7 Å². The van der Waals surface area contributed by atoms with Gasteiger partial charge in [-0.25, -0.2) is 4.79 Å². The lowest BCUT2D eigenvalue weighted by molar-refractivity contribution is -0.174. The Morgan fingerprint density at radius 1 is 1.43 bits per heavy atom. The van der Waals surface area contributed by atoms with E-state index in [1.807, 2.05) is 0 Å². The Morgan fingerprint density at radius 2 is 2.00 bits per heavy atom. The van der Waals surface area contributed by atoms with Crippen molar-refractivity contribution in [1.29, 1.82) is 0 Å². The highest BCUT2D eigenvalue weighted by molar-refractivity contribution is 5.75. The molecule has 82 valence electrons. The molecular formula is C9H14F2O3. The maximum Gasteiger partial charge on any atom is 0.377 e. The number of carboxylic acid groups (broad SMARTS) is 1. The summed E-state index contributed by atoms with van der Waals surface area (Å²) in [5, 5.41) is 8.10. The summed E-state index contributed by atoms with van der Waals surface area (Å²) in [6.45, 7) is -0.762. The molecule has 1 aliphatic rings. The first-order valence-corrected chi connectivity index (χ1v) is 4.71. The van der Waals surface area contributed by atoms with E-state index in [1.165, 1.54) is 0 Å². The van der Waals surface area contributed by atoms with Crippen molar-refractivity contribution >= 4 is 5.97 Å². The number of aliphatic carboxylic acids is 1. The van der Waals surface area contributed by atoms with Crippen LogP contribution < -0.4 is 0 Å². The van der Waals surface area contributed by atoms with Crippen LogP contribution in [0.15, 0.2) is 0 Å². The van der Waals surface area contributed by atoms with E-state index >= 15 is 0 Å². The summed E-state index contributed by atoms with van der Waals surface area (Å²) in [7, 11) is 0. The standard InChI is InChI=1S/C9H14F2O3/c10-9(11,8(12)13)6-14-5-7-3-1-2-4-7/h7H,1-6H2,(H,12,13). The van der Waals surface area contributed by atoms with Crippen molar-refractivity contribution in [2.45, 2.75) is 31.6 Å². The average molecular weight is 208 g/mol. The van der Waals surface area contributed by atoms with Gasteiger partial charge in [0, 0.05) is 6.61 Å². The lowest BCUT2D eigenvalue weighted by Crippen LogP contribution is -2.34. The minimum atomic E-state index is -3.75. The van der Waals surface area contributed by atoms with Gasteiger partial charge >= 0.3 is 11.9 Å². The van der Waals surface area contributed by atoms with Gasteiger partial charge in [-0.1, -0.05) is 12.8 Å². The third kappa shape index (κ3) is 3.21. The molecule has 3 nitrogen and oxygen atoms in total. The number of carbonyl (C=O) groups is 1. The molecule has 0 bridgehead atoms. The Balaban J connectivity index is 2.16. The van der Waals surface area contributed by atoms with Crippen LogP contribution in [0.5, 0.6) is 0 Å². The van der Waals surface area contributed by atoms with E-state index in [9.17, 15) is 13.6 Å². The van der Waals surface area contributed by atoms with Gasteiger partial charge in [0.25, 0.3) is 0 Å². The Labute approximate surface area is 81.1 Å². The second-order valence-electron chi connectivity index (χ2n) is 3.68. The lowest BCUT2D eigenvalue weighted by Gasteiger charge is -2.13. The Bertz CT molecular complexity index is 200. The fraction of sp³-hybridized carbons (Fsp3) is 0.889. The third-order valence-corrected chi connectivity index (χ3v) is 2.42. The average Bonchev–Trinajstić information content (AvgIpc) is 2.56. The number of ether oxygens (including phenoxy) is 1. The maximum atomic E-state index is 12.5. The second-order valence-corrected chi connectivity index (χ2v) is 3.68.